The smallest absolute Gasteiger partial charge is 0.296 e. The van der Waals surface area contributed by atoms with Crippen molar-refractivity contribution in [3.8, 4) is 5.75 Å². The number of ketones is 1. The molecule has 7 nitrogen and oxygen atoms in total. The fourth-order valence-electron chi connectivity index (χ4n) is 3.75. The van der Waals surface area contributed by atoms with E-state index in [4.69, 9.17) is 4.74 Å². The molecule has 1 aliphatic rings. The number of carbonyl (C=O) groups excluding carboxylic acids is 2. The van der Waals surface area contributed by atoms with Crippen molar-refractivity contribution in [2.24, 2.45) is 0 Å². The highest BCUT2D eigenvalue weighted by Crippen LogP contribution is 2.41. The van der Waals surface area contributed by atoms with E-state index in [0.29, 0.717) is 22.6 Å². The normalized spacial score (nSPS) is 17.7. The van der Waals surface area contributed by atoms with Crippen LogP contribution < -0.4 is 4.74 Å². The second-order valence-electron chi connectivity index (χ2n) is 7.24. The summed E-state index contributed by atoms with van der Waals surface area (Å²) in [6.45, 7) is 1.99. The molecule has 4 rings (SSSR count). The molecule has 3 aromatic rings. The fourth-order valence-corrected chi connectivity index (χ4v) is 3.75. The number of Topliss-reactive ketones (excluding diaryl/α,β-unsaturated/α-hetero) is 1. The molecule has 1 saturated heterocycles. The average Bonchev–Trinajstić information content (AvgIpc) is 3.04. The van der Waals surface area contributed by atoms with Gasteiger partial charge in [-0.1, -0.05) is 23.8 Å². The molecular weight excluding hydrogens is 394 g/mol. The summed E-state index contributed by atoms with van der Waals surface area (Å²) in [6.07, 6.45) is 4.82. The number of carbonyl (C=O) groups is 2. The number of pyridine rings is 2. The standard InChI is InChI=1S/C24H21N3O4/c1-15-8-9-19(31-2)18(12-15)22(28)20-21(16-6-5-10-25-13-16)27(24(30)23(20)29)14-17-7-3-4-11-26-17/h3-13,21,28H,14H2,1-2H3/b22-20+. The van der Waals surface area contributed by atoms with Crippen molar-refractivity contribution in [1.82, 2.24) is 14.9 Å². The summed E-state index contributed by atoms with van der Waals surface area (Å²) in [6, 6.07) is 13.3. The maximum atomic E-state index is 13.1. The molecule has 0 radical (unpaired) electrons. The first-order valence-corrected chi connectivity index (χ1v) is 9.74. The predicted octanol–water partition coefficient (Wildman–Crippen LogP) is 3.42. The van der Waals surface area contributed by atoms with Gasteiger partial charge in [0, 0.05) is 18.6 Å². The van der Waals surface area contributed by atoms with Crippen LogP contribution in [0, 0.1) is 6.92 Å². The Hall–Kier alpha value is -4.00. The maximum absolute atomic E-state index is 13.1. The molecule has 0 spiro atoms. The van der Waals surface area contributed by atoms with Crippen molar-refractivity contribution in [3.05, 3.63) is 95.1 Å². The van der Waals surface area contributed by atoms with E-state index in [9.17, 15) is 14.7 Å². The predicted molar refractivity (Wildman–Crippen MR) is 114 cm³/mol. The van der Waals surface area contributed by atoms with Gasteiger partial charge in [0.1, 0.15) is 11.5 Å². The molecule has 1 unspecified atom stereocenters. The van der Waals surface area contributed by atoms with Crippen LogP contribution in [-0.4, -0.2) is 38.8 Å². The highest BCUT2D eigenvalue weighted by Gasteiger charge is 2.46. The first-order valence-electron chi connectivity index (χ1n) is 9.74. The first kappa shape index (κ1) is 20.3. The van der Waals surface area contributed by atoms with E-state index in [1.54, 1.807) is 55.0 Å². The number of amides is 1. The summed E-state index contributed by atoms with van der Waals surface area (Å²) >= 11 is 0. The lowest BCUT2D eigenvalue weighted by Crippen LogP contribution is -2.29. The number of aryl methyl sites for hydroxylation is 1. The average molecular weight is 415 g/mol. The Morgan fingerprint density at radius 3 is 2.65 bits per heavy atom. The Morgan fingerprint density at radius 1 is 1.13 bits per heavy atom. The minimum absolute atomic E-state index is 0.00201. The highest BCUT2D eigenvalue weighted by atomic mass is 16.5. The monoisotopic (exact) mass is 415 g/mol. The molecule has 7 heteroatoms. The first-order chi connectivity index (χ1) is 15.0. The summed E-state index contributed by atoms with van der Waals surface area (Å²) in [4.78, 5) is 35.9. The molecule has 1 fully saturated rings. The van der Waals surface area contributed by atoms with Gasteiger partial charge < -0.3 is 14.7 Å². The second-order valence-corrected chi connectivity index (χ2v) is 7.24. The van der Waals surface area contributed by atoms with Crippen molar-refractivity contribution in [2.75, 3.05) is 7.11 Å². The van der Waals surface area contributed by atoms with Gasteiger partial charge in [-0.3, -0.25) is 19.6 Å². The number of hydrogen-bond donors (Lipinski definition) is 1. The second kappa shape index (κ2) is 8.39. The van der Waals surface area contributed by atoms with Crippen LogP contribution in [-0.2, 0) is 16.1 Å². The number of ether oxygens (including phenoxy) is 1. The molecule has 2 aromatic heterocycles. The summed E-state index contributed by atoms with van der Waals surface area (Å²) in [5, 5.41) is 11.2. The number of aliphatic hydroxyl groups excluding tert-OH is 1. The van der Waals surface area contributed by atoms with Crippen LogP contribution in [0.5, 0.6) is 5.75 Å². The van der Waals surface area contributed by atoms with Crippen LogP contribution in [0.4, 0.5) is 0 Å². The lowest BCUT2D eigenvalue weighted by atomic mass is 9.95. The number of hydrogen-bond acceptors (Lipinski definition) is 6. The molecule has 0 bridgehead atoms. The minimum atomic E-state index is -0.805. The molecule has 1 aliphatic heterocycles. The topological polar surface area (TPSA) is 92.6 Å². The van der Waals surface area contributed by atoms with Gasteiger partial charge in [-0.2, -0.15) is 0 Å². The fraction of sp³-hybridized carbons (Fsp3) is 0.167. The number of aromatic nitrogens is 2. The van der Waals surface area contributed by atoms with Gasteiger partial charge in [0.15, 0.2) is 0 Å². The lowest BCUT2D eigenvalue weighted by molar-refractivity contribution is -0.140. The van der Waals surface area contributed by atoms with Crippen molar-refractivity contribution in [3.63, 3.8) is 0 Å². The number of nitrogens with zero attached hydrogens (tertiary/aromatic N) is 3. The van der Waals surface area contributed by atoms with Crippen LogP contribution in [0.15, 0.2) is 72.7 Å². The maximum Gasteiger partial charge on any atom is 0.296 e. The van der Waals surface area contributed by atoms with Crippen molar-refractivity contribution >= 4 is 17.4 Å². The number of likely N-dealkylation sites (tertiary alicyclic amines) is 1. The van der Waals surface area contributed by atoms with Crippen LogP contribution >= 0.6 is 0 Å². The Bertz CT molecular complexity index is 1160. The summed E-state index contributed by atoms with van der Waals surface area (Å²) in [5.41, 5.74) is 2.48. The number of benzene rings is 1. The van der Waals surface area contributed by atoms with E-state index in [-0.39, 0.29) is 17.9 Å². The molecule has 0 aliphatic carbocycles. The van der Waals surface area contributed by atoms with Gasteiger partial charge in [-0.25, -0.2) is 0 Å². The third-order valence-corrected chi connectivity index (χ3v) is 5.21. The molecular formula is C24H21N3O4. The van der Waals surface area contributed by atoms with E-state index in [2.05, 4.69) is 9.97 Å². The third-order valence-electron chi connectivity index (χ3n) is 5.21. The van der Waals surface area contributed by atoms with Crippen LogP contribution in [0.3, 0.4) is 0 Å². The molecule has 1 N–H and O–H groups in total. The van der Waals surface area contributed by atoms with E-state index in [1.165, 1.54) is 12.0 Å². The zero-order valence-electron chi connectivity index (χ0n) is 17.1. The van der Waals surface area contributed by atoms with Crippen molar-refractivity contribution in [1.29, 1.82) is 0 Å². The molecule has 3 heterocycles. The zero-order valence-corrected chi connectivity index (χ0v) is 17.1. The third kappa shape index (κ3) is 3.77. The molecule has 31 heavy (non-hydrogen) atoms. The van der Waals surface area contributed by atoms with Gasteiger partial charge in [0.05, 0.1) is 36.5 Å². The lowest BCUT2D eigenvalue weighted by Gasteiger charge is -2.25. The molecule has 1 aromatic carbocycles. The van der Waals surface area contributed by atoms with Crippen LogP contribution in [0.1, 0.15) is 28.4 Å². The quantitative estimate of drug-likeness (QED) is 0.390. The largest absolute Gasteiger partial charge is 0.507 e. The number of aliphatic hydroxyl groups is 1. The summed E-state index contributed by atoms with van der Waals surface area (Å²) in [7, 11) is 1.49. The van der Waals surface area contributed by atoms with E-state index >= 15 is 0 Å². The van der Waals surface area contributed by atoms with Crippen LogP contribution in [0.25, 0.3) is 5.76 Å². The number of rotatable bonds is 5. The van der Waals surface area contributed by atoms with Gasteiger partial charge in [0.25, 0.3) is 11.7 Å². The summed E-state index contributed by atoms with van der Waals surface area (Å²) < 4.78 is 5.38. The molecule has 1 atom stereocenters. The highest BCUT2D eigenvalue weighted by molar-refractivity contribution is 6.46. The van der Waals surface area contributed by atoms with Gasteiger partial charge >= 0.3 is 0 Å². The van der Waals surface area contributed by atoms with Crippen molar-refractivity contribution < 1.29 is 19.4 Å². The van der Waals surface area contributed by atoms with Gasteiger partial charge in [-0.15, -0.1) is 0 Å². The minimum Gasteiger partial charge on any atom is -0.507 e. The Kier molecular flexibility index (Phi) is 5.49. The SMILES string of the molecule is COc1ccc(C)cc1/C(O)=C1\C(=O)C(=O)N(Cc2ccccn2)C1c1cccnc1. The zero-order chi connectivity index (χ0) is 22.0. The van der Waals surface area contributed by atoms with E-state index in [1.807, 2.05) is 19.1 Å². The van der Waals surface area contributed by atoms with E-state index in [0.717, 1.165) is 5.56 Å². The van der Waals surface area contributed by atoms with E-state index < -0.39 is 17.7 Å². The van der Waals surface area contributed by atoms with Gasteiger partial charge in [-0.05, 0) is 42.8 Å². The van der Waals surface area contributed by atoms with Gasteiger partial charge in [0.2, 0.25) is 0 Å². The molecule has 0 saturated carbocycles. The Balaban J connectivity index is 1.90. The van der Waals surface area contributed by atoms with Crippen LogP contribution in [0.2, 0.25) is 0 Å². The van der Waals surface area contributed by atoms with Crippen molar-refractivity contribution in [2.45, 2.75) is 19.5 Å². The summed E-state index contributed by atoms with van der Waals surface area (Å²) in [5.74, 6) is -1.33. The number of methoxy groups -OCH3 is 1. The Morgan fingerprint density at radius 2 is 1.97 bits per heavy atom. The molecule has 156 valence electrons. The molecule has 1 amide bonds. The Labute approximate surface area is 179 Å².